The second-order valence-corrected chi connectivity index (χ2v) is 6.76. The number of aromatic nitrogens is 2. The average Bonchev–Trinajstić information content (AvgIpc) is 2.81. The number of halogens is 1. The van der Waals surface area contributed by atoms with Gasteiger partial charge in [-0.15, -0.1) is 0 Å². The van der Waals surface area contributed by atoms with Gasteiger partial charge in [-0.2, -0.15) is 0 Å². The number of nitrogens with one attached hydrogen (secondary N) is 1. The summed E-state index contributed by atoms with van der Waals surface area (Å²) in [6.45, 7) is 4.32. The zero-order valence-corrected chi connectivity index (χ0v) is 12.8. The van der Waals surface area contributed by atoms with E-state index >= 15 is 0 Å². The van der Waals surface area contributed by atoms with Gasteiger partial charge in [0.05, 0.1) is 10.7 Å². The van der Waals surface area contributed by atoms with Gasteiger partial charge in [0.25, 0.3) is 0 Å². The van der Waals surface area contributed by atoms with Crippen LogP contribution >= 0.6 is 11.6 Å². The normalized spacial score (nSPS) is 18.5. The predicted octanol–water partition coefficient (Wildman–Crippen LogP) is 4.05. The van der Waals surface area contributed by atoms with E-state index in [0.717, 1.165) is 29.5 Å². The smallest absolute Gasteiger partial charge is 0.137 e. The molecule has 1 fully saturated rings. The molecule has 1 aliphatic rings. The number of hydrogen-bond donors (Lipinski definition) is 1. The molecule has 0 spiro atoms. The molecule has 0 atom stereocenters. The molecule has 0 bridgehead atoms. The first-order valence-electron chi connectivity index (χ1n) is 7.49. The molecule has 0 radical (unpaired) electrons. The van der Waals surface area contributed by atoms with E-state index in [1.807, 2.05) is 22.7 Å². The van der Waals surface area contributed by atoms with Crippen LogP contribution in [0, 0.1) is 5.41 Å². The van der Waals surface area contributed by atoms with Crippen molar-refractivity contribution in [3.05, 3.63) is 35.2 Å². The van der Waals surface area contributed by atoms with Crippen molar-refractivity contribution in [3.63, 3.8) is 0 Å². The van der Waals surface area contributed by atoms with E-state index < -0.39 is 0 Å². The standard InChI is InChI=1S/C16H22ClN3/c1-16(7-3-2-4-8-16)12-18-9-14-11-20-10-13(17)5-6-15(20)19-14/h5-6,10-11,18H,2-4,7-9,12H2,1H3. The fourth-order valence-corrected chi connectivity index (χ4v) is 3.34. The minimum atomic E-state index is 0.473. The van der Waals surface area contributed by atoms with Gasteiger partial charge in [-0.1, -0.05) is 37.8 Å². The first-order chi connectivity index (χ1) is 9.65. The van der Waals surface area contributed by atoms with Crippen molar-refractivity contribution < 1.29 is 0 Å². The molecule has 1 aliphatic carbocycles. The van der Waals surface area contributed by atoms with E-state index in [2.05, 4.69) is 23.4 Å². The van der Waals surface area contributed by atoms with Gasteiger partial charge in [-0.25, -0.2) is 4.98 Å². The molecular formula is C16H22ClN3. The summed E-state index contributed by atoms with van der Waals surface area (Å²) in [5, 5.41) is 4.32. The molecule has 0 amide bonds. The zero-order valence-electron chi connectivity index (χ0n) is 12.0. The van der Waals surface area contributed by atoms with E-state index in [1.54, 1.807) is 0 Å². The van der Waals surface area contributed by atoms with Gasteiger partial charge in [0.15, 0.2) is 0 Å². The number of nitrogens with zero attached hydrogens (tertiary/aromatic N) is 2. The van der Waals surface area contributed by atoms with Crippen LogP contribution in [0.5, 0.6) is 0 Å². The van der Waals surface area contributed by atoms with Gasteiger partial charge in [0.1, 0.15) is 5.65 Å². The van der Waals surface area contributed by atoms with Crippen molar-refractivity contribution in [2.45, 2.75) is 45.6 Å². The third-order valence-corrected chi connectivity index (χ3v) is 4.61. The molecule has 0 aromatic carbocycles. The van der Waals surface area contributed by atoms with Gasteiger partial charge < -0.3 is 9.72 Å². The van der Waals surface area contributed by atoms with Gasteiger partial charge in [0, 0.05) is 25.5 Å². The summed E-state index contributed by atoms with van der Waals surface area (Å²) in [5.74, 6) is 0. The van der Waals surface area contributed by atoms with E-state index in [0.29, 0.717) is 5.41 Å². The molecule has 2 aromatic heterocycles. The lowest BCUT2D eigenvalue weighted by atomic mass is 9.76. The monoisotopic (exact) mass is 291 g/mol. The molecule has 0 saturated heterocycles. The highest BCUT2D eigenvalue weighted by atomic mass is 35.5. The maximum absolute atomic E-state index is 5.99. The fraction of sp³-hybridized carbons (Fsp3) is 0.562. The maximum Gasteiger partial charge on any atom is 0.137 e. The fourth-order valence-electron chi connectivity index (χ4n) is 3.18. The van der Waals surface area contributed by atoms with Crippen molar-refractivity contribution in [2.75, 3.05) is 6.54 Å². The van der Waals surface area contributed by atoms with Crippen molar-refractivity contribution in [3.8, 4) is 0 Å². The van der Waals surface area contributed by atoms with Gasteiger partial charge >= 0.3 is 0 Å². The van der Waals surface area contributed by atoms with Crippen LogP contribution in [0.4, 0.5) is 0 Å². The summed E-state index contributed by atoms with van der Waals surface area (Å²) in [4.78, 5) is 4.60. The lowest BCUT2D eigenvalue weighted by Crippen LogP contribution is -2.33. The van der Waals surface area contributed by atoms with Crippen molar-refractivity contribution >= 4 is 17.2 Å². The Morgan fingerprint density at radius 2 is 2.05 bits per heavy atom. The van der Waals surface area contributed by atoms with Crippen LogP contribution < -0.4 is 5.32 Å². The minimum absolute atomic E-state index is 0.473. The molecule has 3 nitrogen and oxygen atoms in total. The van der Waals surface area contributed by atoms with Crippen LogP contribution in [0.1, 0.15) is 44.7 Å². The Morgan fingerprint density at radius 1 is 1.25 bits per heavy atom. The third kappa shape index (κ3) is 3.15. The van der Waals surface area contributed by atoms with Crippen LogP contribution in [0.15, 0.2) is 24.5 Å². The molecule has 2 heterocycles. The van der Waals surface area contributed by atoms with Crippen molar-refractivity contribution in [1.29, 1.82) is 0 Å². The Labute approximate surface area is 125 Å². The zero-order chi connectivity index (χ0) is 14.0. The second-order valence-electron chi connectivity index (χ2n) is 6.32. The highest BCUT2D eigenvalue weighted by Gasteiger charge is 2.26. The van der Waals surface area contributed by atoms with E-state index in [-0.39, 0.29) is 0 Å². The lowest BCUT2D eigenvalue weighted by molar-refractivity contribution is 0.207. The molecule has 20 heavy (non-hydrogen) atoms. The summed E-state index contributed by atoms with van der Waals surface area (Å²) in [6.07, 6.45) is 10.8. The highest BCUT2D eigenvalue weighted by Crippen LogP contribution is 2.34. The van der Waals surface area contributed by atoms with Crippen LogP contribution in [-0.2, 0) is 6.54 Å². The van der Waals surface area contributed by atoms with E-state index in [1.165, 1.54) is 32.1 Å². The minimum Gasteiger partial charge on any atom is -0.311 e. The van der Waals surface area contributed by atoms with Gasteiger partial charge in [0.2, 0.25) is 0 Å². The summed E-state index contributed by atoms with van der Waals surface area (Å²) < 4.78 is 1.99. The molecule has 0 aliphatic heterocycles. The third-order valence-electron chi connectivity index (χ3n) is 4.38. The number of fused-ring (bicyclic) bond motifs is 1. The largest absolute Gasteiger partial charge is 0.311 e. The summed E-state index contributed by atoms with van der Waals surface area (Å²) in [6, 6.07) is 3.83. The number of imidazole rings is 1. The Kier molecular flexibility index (Phi) is 3.99. The Bertz CT molecular complexity index is 584. The van der Waals surface area contributed by atoms with Crippen molar-refractivity contribution in [1.82, 2.24) is 14.7 Å². The van der Waals surface area contributed by atoms with Crippen LogP contribution in [-0.4, -0.2) is 15.9 Å². The lowest BCUT2D eigenvalue weighted by Gasteiger charge is -2.33. The summed E-state index contributed by atoms with van der Waals surface area (Å²) in [7, 11) is 0. The van der Waals surface area contributed by atoms with E-state index in [4.69, 9.17) is 11.6 Å². The van der Waals surface area contributed by atoms with Gasteiger partial charge in [-0.3, -0.25) is 0 Å². The Balaban J connectivity index is 1.59. The van der Waals surface area contributed by atoms with Crippen molar-refractivity contribution in [2.24, 2.45) is 5.41 Å². The van der Waals surface area contributed by atoms with Crippen LogP contribution in [0.25, 0.3) is 5.65 Å². The number of pyridine rings is 1. The first-order valence-corrected chi connectivity index (χ1v) is 7.86. The van der Waals surface area contributed by atoms with Gasteiger partial charge in [-0.05, 0) is 30.4 Å². The summed E-state index contributed by atoms with van der Waals surface area (Å²) >= 11 is 5.99. The number of rotatable bonds is 4. The number of hydrogen-bond acceptors (Lipinski definition) is 2. The highest BCUT2D eigenvalue weighted by molar-refractivity contribution is 6.30. The molecular weight excluding hydrogens is 270 g/mol. The Morgan fingerprint density at radius 3 is 2.85 bits per heavy atom. The molecule has 3 rings (SSSR count). The van der Waals surface area contributed by atoms with E-state index in [9.17, 15) is 0 Å². The topological polar surface area (TPSA) is 29.3 Å². The summed E-state index contributed by atoms with van der Waals surface area (Å²) in [5.41, 5.74) is 2.50. The molecule has 0 unspecified atom stereocenters. The average molecular weight is 292 g/mol. The Hall–Kier alpha value is -1.06. The molecule has 1 N–H and O–H groups in total. The predicted molar refractivity (Wildman–Crippen MR) is 83.1 cm³/mol. The molecule has 4 heteroatoms. The van der Waals surface area contributed by atoms with Crippen LogP contribution in [0.3, 0.4) is 0 Å². The first kappa shape index (κ1) is 13.9. The molecule has 1 saturated carbocycles. The van der Waals surface area contributed by atoms with Crippen LogP contribution in [0.2, 0.25) is 5.02 Å². The second kappa shape index (κ2) is 5.74. The SMILES string of the molecule is CC1(CNCc2cn3cc(Cl)ccc3n2)CCCCC1. The quantitative estimate of drug-likeness (QED) is 0.921. The maximum atomic E-state index is 5.99. The molecule has 108 valence electrons. The molecule has 2 aromatic rings.